The summed E-state index contributed by atoms with van der Waals surface area (Å²) in [6.45, 7) is 5.83. The van der Waals surface area contributed by atoms with Crippen LogP contribution in [0.2, 0.25) is 5.02 Å². The highest BCUT2D eigenvalue weighted by atomic mass is 35.5. The Morgan fingerprint density at radius 1 is 1.30 bits per heavy atom. The lowest BCUT2D eigenvalue weighted by Crippen LogP contribution is -2.43. The highest BCUT2D eigenvalue weighted by Gasteiger charge is 2.46. The van der Waals surface area contributed by atoms with Crippen molar-refractivity contribution in [3.05, 3.63) is 40.7 Å². The molecule has 0 amide bonds. The number of hydrogen-bond acceptors (Lipinski definition) is 8. The number of carbonyl (C=O) groups is 2. The van der Waals surface area contributed by atoms with Crippen molar-refractivity contribution in [1.29, 1.82) is 0 Å². The molecule has 1 aliphatic rings. The number of ether oxygens (including phenoxy) is 3. The third kappa shape index (κ3) is 5.59. The zero-order chi connectivity index (χ0) is 24.4. The summed E-state index contributed by atoms with van der Waals surface area (Å²) in [6.07, 6.45) is 0.463. The highest BCUT2D eigenvalue weighted by Crippen LogP contribution is 2.34. The van der Waals surface area contributed by atoms with Crippen LogP contribution in [0, 0.1) is 11.2 Å². The largest absolute Gasteiger partial charge is 0.465 e. The molecule has 0 N–H and O–H groups in total. The van der Waals surface area contributed by atoms with E-state index >= 15 is 0 Å². The van der Waals surface area contributed by atoms with Gasteiger partial charge in [0.15, 0.2) is 5.82 Å². The fourth-order valence-electron chi connectivity index (χ4n) is 3.70. The number of methoxy groups -OCH3 is 1. The Bertz CT molecular complexity index is 1060. The van der Waals surface area contributed by atoms with Crippen LogP contribution in [0.15, 0.2) is 24.3 Å². The van der Waals surface area contributed by atoms with E-state index in [1.54, 1.807) is 32.7 Å². The van der Waals surface area contributed by atoms with E-state index in [4.69, 9.17) is 25.8 Å². The number of anilines is 1. The Labute approximate surface area is 197 Å². The van der Waals surface area contributed by atoms with E-state index in [0.717, 1.165) is 0 Å². The number of cyclic esters (lactones) is 1. The van der Waals surface area contributed by atoms with Crippen molar-refractivity contribution >= 4 is 29.4 Å². The fraction of sp³-hybridized carbons (Fsp3) is 0.478. The minimum Gasteiger partial charge on any atom is -0.465 e. The maximum absolute atomic E-state index is 14.4. The molecule has 33 heavy (non-hydrogen) atoms. The first-order valence-electron chi connectivity index (χ1n) is 10.4. The number of nitrogens with zero attached hydrogens (tertiary/aromatic N) is 3. The van der Waals surface area contributed by atoms with Gasteiger partial charge in [0, 0.05) is 37.7 Å². The molecule has 0 bridgehead atoms. The zero-order valence-corrected chi connectivity index (χ0v) is 20.0. The third-order valence-corrected chi connectivity index (χ3v) is 5.40. The molecule has 1 aliphatic heterocycles. The van der Waals surface area contributed by atoms with Crippen LogP contribution < -0.4 is 4.90 Å². The molecule has 8 nitrogen and oxygen atoms in total. The van der Waals surface area contributed by atoms with Crippen LogP contribution in [0.4, 0.5) is 10.2 Å². The first-order chi connectivity index (χ1) is 15.5. The van der Waals surface area contributed by atoms with Crippen LogP contribution in [0.5, 0.6) is 0 Å². The van der Waals surface area contributed by atoms with E-state index in [2.05, 4.69) is 10.2 Å². The zero-order valence-electron chi connectivity index (χ0n) is 19.3. The monoisotopic (exact) mass is 479 g/mol. The molecule has 178 valence electrons. The minimum atomic E-state index is -0.909. The van der Waals surface area contributed by atoms with Crippen molar-refractivity contribution in [3.8, 4) is 11.3 Å². The molecule has 2 heterocycles. The third-order valence-electron chi connectivity index (χ3n) is 5.17. The average molecular weight is 480 g/mol. The van der Waals surface area contributed by atoms with Gasteiger partial charge >= 0.3 is 11.9 Å². The summed E-state index contributed by atoms with van der Waals surface area (Å²) in [6, 6.07) is 5.45. The lowest BCUT2D eigenvalue weighted by molar-refractivity contribution is -0.148. The van der Waals surface area contributed by atoms with E-state index in [0.29, 0.717) is 11.4 Å². The van der Waals surface area contributed by atoms with Gasteiger partial charge in [-0.1, -0.05) is 11.6 Å². The van der Waals surface area contributed by atoms with Gasteiger partial charge < -0.3 is 19.1 Å². The molecule has 1 atom stereocenters. The van der Waals surface area contributed by atoms with Gasteiger partial charge in [-0.05, 0) is 45.0 Å². The van der Waals surface area contributed by atoms with Gasteiger partial charge in [-0.25, -0.2) is 9.18 Å². The number of benzene rings is 1. The van der Waals surface area contributed by atoms with E-state index in [-0.39, 0.29) is 48.4 Å². The smallest absolute Gasteiger partial charge is 0.342 e. The van der Waals surface area contributed by atoms with Crippen LogP contribution in [-0.4, -0.2) is 61.7 Å². The van der Waals surface area contributed by atoms with E-state index in [1.165, 1.54) is 31.4 Å². The number of halogens is 2. The summed E-state index contributed by atoms with van der Waals surface area (Å²) in [7, 11) is 3.19. The maximum Gasteiger partial charge on any atom is 0.342 e. The van der Waals surface area contributed by atoms with Gasteiger partial charge in [0.05, 0.1) is 18.9 Å². The van der Waals surface area contributed by atoms with Crippen LogP contribution in [0.3, 0.4) is 0 Å². The molecule has 0 saturated carbocycles. The van der Waals surface area contributed by atoms with Crippen molar-refractivity contribution in [3.63, 3.8) is 0 Å². The first kappa shape index (κ1) is 24.9. The normalized spacial score (nSPS) is 18.2. The SMILES string of the molecule is COCC1(CN(C)c2nnc(-c3cc(Cl)ccc3F)cc2C(=O)OC(C)(C)C)CCOC1=O. The molecule has 1 saturated heterocycles. The van der Waals surface area contributed by atoms with Crippen LogP contribution >= 0.6 is 11.6 Å². The molecule has 3 rings (SSSR count). The van der Waals surface area contributed by atoms with Gasteiger partial charge in [-0.2, -0.15) is 0 Å². The Morgan fingerprint density at radius 2 is 2.03 bits per heavy atom. The second-order valence-corrected chi connectivity index (χ2v) is 9.48. The summed E-state index contributed by atoms with van der Waals surface area (Å²) < 4.78 is 30.5. The second-order valence-electron chi connectivity index (χ2n) is 9.05. The van der Waals surface area contributed by atoms with Crippen molar-refractivity contribution in [2.75, 3.05) is 38.8 Å². The maximum atomic E-state index is 14.4. The molecule has 0 spiro atoms. The van der Waals surface area contributed by atoms with Crippen LogP contribution in [0.25, 0.3) is 11.3 Å². The summed E-state index contributed by atoms with van der Waals surface area (Å²) in [4.78, 5) is 27.2. The molecule has 0 radical (unpaired) electrons. The lowest BCUT2D eigenvalue weighted by atomic mass is 9.87. The van der Waals surface area contributed by atoms with Crippen LogP contribution in [-0.2, 0) is 19.0 Å². The summed E-state index contributed by atoms with van der Waals surface area (Å²) in [5.41, 5.74) is -1.38. The fourth-order valence-corrected chi connectivity index (χ4v) is 3.87. The molecule has 1 unspecified atom stereocenters. The highest BCUT2D eigenvalue weighted by molar-refractivity contribution is 6.30. The number of hydrogen-bond donors (Lipinski definition) is 0. The first-order valence-corrected chi connectivity index (χ1v) is 10.8. The second kappa shape index (κ2) is 9.61. The molecule has 1 aromatic carbocycles. The number of aromatic nitrogens is 2. The quantitative estimate of drug-likeness (QED) is 0.552. The Hall–Kier alpha value is -2.78. The molecular weight excluding hydrogens is 453 g/mol. The van der Waals surface area contributed by atoms with E-state index in [9.17, 15) is 14.0 Å². The minimum absolute atomic E-state index is 0.0794. The molecule has 1 fully saturated rings. The number of carbonyl (C=O) groups excluding carboxylic acids is 2. The van der Waals surface area contributed by atoms with Crippen molar-refractivity contribution in [1.82, 2.24) is 10.2 Å². The van der Waals surface area contributed by atoms with Gasteiger partial charge in [-0.15, -0.1) is 10.2 Å². The van der Waals surface area contributed by atoms with E-state index < -0.39 is 22.8 Å². The molecule has 10 heteroatoms. The summed E-state index contributed by atoms with van der Waals surface area (Å²) in [5, 5.41) is 8.65. The Kier molecular flexibility index (Phi) is 7.23. The van der Waals surface area contributed by atoms with Gasteiger partial charge in [0.1, 0.15) is 22.4 Å². The predicted octanol–water partition coefficient (Wildman–Crippen LogP) is 3.91. The summed E-state index contributed by atoms with van der Waals surface area (Å²) in [5.74, 6) is -1.40. The van der Waals surface area contributed by atoms with Crippen molar-refractivity contribution < 1.29 is 28.2 Å². The topological polar surface area (TPSA) is 90.8 Å². The van der Waals surface area contributed by atoms with Crippen molar-refractivity contribution in [2.45, 2.75) is 32.8 Å². The standard InChI is InChI=1S/C23H27ClFN3O5/c1-22(2,3)33-20(29)16-11-18(15-10-14(24)6-7-17(15)25)26-27-19(16)28(4)12-23(13-31-5)8-9-32-21(23)30/h6-7,10-11H,8-9,12-13H2,1-5H3. The molecule has 1 aromatic heterocycles. The number of esters is 2. The number of rotatable bonds is 7. The van der Waals surface area contributed by atoms with Crippen molar-refractivity contribution in [2.24, 2.45) is 5.41 Å². The Balaban J connectivity index is 2.05. The lowest BCUT2D eigenvalue weighted by Gasteiger charge is -2.31. The van der Waals surface area contributed by atoms with Gasteiger partial charge in [0.2, 0.25) is 0 Å². The van der Waals surface area contributed by atoms with E-state index in [1.807, 2.05) is 0 Å². The van der Waals surface area contributed by atoms with Gasteiger partial charge in [0.25, 0.3) is 0 Å². The molecule has 0 aliphatic carbocycles. The average Bonchev–Trinajstić information content (AvgIpc) is 3.08. The molecule has 2 aromatic rings. The molecular formula is C23H27ClFN3O5. The predicted molar refractivity (Wildman–Crippen MR) is 121 cm³/mol. The van der Waals surface area contributed by atoms with Gasteiger partial charge in [-0.3, -0.25) is 4.79 Å². The summed E-state index contributed by atoms with van der Waals surface area (Å²) >= 11 is 6.02. The Morgan fingerprint density at radius 3 is 2.64 bits per heavy atom. The van der Waals surface area contributed by atoms with Crippen LogP contribution in [0.1, 0.15) is 37.6 Å².